The number of hydrogen-bond donors (Lipinski definition) is 1. The van der Waals surface area contributed by atoms with Crippen molar-refractivity contribution in [3.05, 3.63) is 41.0 Å². The van der Waals surface area contributed by atoms with Crippen LogP contribution in [0.1, 0.15) is 5.56 Å². The van der Waals surface area contributed by atoms with Gasteiger partial charge in [0.25, 0.3) is 11.8 Å². The van der Waals surface area contributed by atoms with Gasteiger partial charge in [-0.2, -0.15) is 0 Å². The number of carbonyl (C=O) groups excluding carboxylic acids is 2. The highest BCUT2D eigenvalue weighted by molar-refractivity contribution is 6.33. The van der Waals surface area contributed by atoms with Crippen LogP contribution in [-0.4, -0.2) is 11.8 Å². The van der Waals surface area contributed by atoms with Gasteiger partial charge in [0, 0.05) is 11.6 Å². The van der Waals surface area contributed by atoms with Crippen molar-refractivity contribution in [2.45, 2.75) is 0 Å². The quantitative estimate of drug-likeness (QED) is 0.350. The summed E-state index contributed by atoms with van der Waals surface area (Å²) in [5.74, 6) is -9.22. The van der Waals surface area contributed by atoms with E-state index in [2.05, 4.69) is 0 Å². The number of rotatable bonds is 1. The number of halogens is 4. The van der Waals surface area contributed by atoms with Crippen LogP contribution in [0.4, 0.5) is 17.6 Å². The minimum atomic E-state index is -2.03. The summed E-state index contributed by atoms with van der Waals surface area (Å²) >= 11 is 0. The molecule has 0 fully saturated rings. The third kappa shape index (κ3) is 1.69. The summed E-state index contributed by atoms with van der Waals surface area (Å²) in [6.45, 7) is 0. The standard InChI is InChI=1S/C10H3F4NO2/c11-5-1-3(7(12)9(14)8(5)13)4-2-6(16)15-10(4)17/h1-2H,(H,15,16,17). The Morgan fingerprint density at radius 1 is 0.941 bits per heavy atom. The first-order valence-corrected chi connectivity index (χ1v) is 4.32. The van der Waals surface area contributed by atoms with Crippen molar-refractivity contribution in [1.29, 1.82) is 0 Å². The van der Waals surface area contributed by atoms with Gasteiger partial charge in [-0.15, -0.1) is 0 Å². The Balaban J connectivity index is 2.65. The fraction of sp³-hybridized carbons (Fsp3) is 0. The van der Waals surface area contributed by atoms with Crippen LogP contribution in [0.5, 0.6) is 0 Å². The molecule has 0 unspecified atom stereocenters. The summed E-state index contributed by atoms with van der Waals surface area (Å²) in [7, 11) is 0. The Morgan fingerprint density at radius 3 is 2.12 bits per heavy atom. The highest BCUT2D eigenvalue weighted by atomic mass is 19.2. The van der Waals surface area contributed by atoms with Gasteiger partial charge in [0.1, 0.15) is 0 Å². The fourth-order valence-corrected chi connectivity index (χ4v) is 1.38. The largest absolute Gasteiger partial charge is 0.289 e. The van der Waals surface area contributed by atoms with Crippen LogP contribution in [-0.2, 0) is 9.59 Å². The molecule has 0 saturated carbocycles. The Kier molecular flexibility index (Phi) is 2.45. The van der Waals surface area contributed by atoms with Gasteiger partial charge in [-0.25, -0.2) is 17.6 Å². The predicted molar refractivity (Wildman–Crippen MR) is 47.4 cm³/mol. The van der Waals surface area contributed by atoms with Gasteiger partial charge in [-0.05, 0) is 6.07 Å². The second kappa shape index (κ2) is 3.69. The van der Waals surface area contributed by atoms with Crippen LogP contribution in [0, 0.1) is 23.3 Å². The first kappa shape index (κ1) is 11.3. The maximum Gasteiger partial charge on any atom is 0.259 e. The monoisotopic (exact) mass is 245 g/mol. The van der Waals surface area contributed by atoms with E-state index in [1.54, 1.807) is 5.32 Å². The molecule has 7 heteroatoms. The van der Waals surface area contributed by atoms with Gasteiger partial charge in [0.2, 0.25) is 0 Å². The van der Waals surface area contributed by atoms with Crippen LogP contribution in [0.25, 0.3) is 5.57 Å². The van der Waals surface area contributed by atoms with Gasteiger partial charge in [-0.3, -0.25) is 14.9 Å². The molecular weight excluding hydrogens is 242 g/mol. The third-order valence-corrected chi connectivity index (χ3v) is 2.15. The number of nitrogens with one attached hydrogen (secondary N) is 1. The van der Waals surface area contributed by atoms with Crippen molar-refractivity contribution < 1.29 is 27.2 Å². The minimum Gasteiger partial charge on any atom is -0.289 e. The predicted octanol–water partition coefficient (Wildman–Crippen LogP) is 1.28. The molecule has 0 aromatic heterocycles. The number of amides is 2. The van der Waals surface area contributed by atoms with E-state index in [4.69, 9.17) is 0 Å². The van der Waals surface area contributed by atoms with E-state index in [1.807, 2.05) is 0 Å². The highest BCUT2D eigenvalue weighted by Crippen LogP contribution is 2.26. The van der Waals surface area contributed by atoms with E-state index < -0.39 is 46.2 Å². The SMILES string of the molecule is O=C1C=C(c2cc(F)c(F)c(F)c2F)C(=O)N1. The molecule has 0 bridgehead atoms. The average Bonchev–Trinajstić information content (AvgIpc) is 2.60. The number of hydrogen-bond acceptors (Lipinski definition) is 2. The van der Waals surface area contributed by atoms with Gasteiger partial charge in [-0.1, -0.05) is 0 Å². The van der Waals surface area contributed by atoms with Crippen molar-refractivity contribution in [1.82, 2.24) is 5.32 Å². The molecule has 1 aliphatic heterocycles. The van der Waals surface area contributed by atoms with Crippen molar-refractivity contribution in [3.8, 4) is 0 Å². The first-order valence-electron chi connectivity index (χ1n) is 4.32. The van der Waals surface area contributed by atoms with Crippen molar-refractivity contribution in [2.75, 3.05) is 0 Å². The van der Waals surface area contributed by atoms with E-state index in [-0.39, 0.29) is 0 Å². The molecule has 1 N–H and O–H groups in total. The Bertz CT molecular complexity index is 580. The summed E-state index contributed by atoms with van der Waals surface area (Å²) in [6, 6.07) is 0.317. The van der Waals surface area contributed by atoms with Crippen LogP contribution >= 0.6 is 0 Å². The number of carbonyl (C=O) groups is 2. The normalized spacial score (nSPS) is 14.9. The summed E-state index contributed by atoms with van der Waals surface area (Å²) in [6.07, 6.45) is 0.678. The van der Waals surface area contributed by atoms with Crippen molar-refractivity contribution in [2.24, 2.45) is 0 Å². The van der Waals surface area contributed by atoms with E-state index in [0.717, 1.165) is 0 Å². The molecule has 0 atom stereocenters. The molecule has 1 aromatic carbocycles. The molecule has 3 nitrogen and oxygen atoms in total. The molecule has 0 spiro atoms. The molecule has 0 aliphatic carbocycles. The zero-order chi connectivity index (χ0) is 12.7. The summed E-state index contributed by atoms with van der Waals surface area (Å²) in [5, 5.41) is 1.77. The summed E-state index contributed by atoms with van der Waals surface area (Å²) in [4.78, 5) is 21.9. The van der Waals surface area contributed by atoms with E-state index in [0.29, 0.717) is 12.1 Å². The summed E-state index contributed by atoms with van der Waals surface area (Å²) < 4.78 is 51.7. The molecule has 0 saturated heterocycles. The topological polar surface area (TPSA) is 46.2 Å². The zero-order valence-electron chi connectivity index (χ0n) is 7.98. The fourth-order valence-electron chi connectivity index (χ4n) is 1.38. The van der Waals surface area contributed by atoms with Crippen molar-refractivity contribution in [3.63, 3.8) is 0 Å². The second-order valence-corrected chi connectivity index (χ2v) is 3.22. The van der Waals surface area contributed by atoms with E-state index in [9.17, 15) is 27.2 Å². The lowest BCUT2D eigenvalue weighted by atomic mass is 10.0. The Morgan fingerprint density at radius 2 is 1.59 bits per heavy atom. The highest BCUT2D eigenvalue weighted by Gasteiger charge is 2.28. The van der Waals surface area contributed by atoms with Crippen LogP contribution < -0.4 is 5.32 Å². The van der Waals surface area contributed by atoms with E-state index >= 15 is 0 Å². The van der Waals surface area contributed by atoms with Crippen molar-refractivity contribution >= 4 is 17.4 Å². The van der Waals surface area contributed by atoms with Gasteiger partial charge in [0.05, 0.1) is 5.57 Å². The first-order chi connectivity index (χ1) is 7.91. The lowest BCUT2D eigenvalue weighted by molar-refractivity contribution is -0.123. The lowest BCUT2D eigenvalue weighted by Crippen LogP contribution is -2.22. The minimum absolute atomic E-state index is 0.317. The average molecular weight is 245 g/mol. The maximum atomic E-state index is 13.3. The molecule has 1 aromatic rings. The summed E-state index contributed by atoms with van der Waals surface area (Å²) in [5.41, 5.74) is -1.35. The number of benzene rings is 1. The molecule has 2 rings (SSSR count). The molecule has 88 valence electrons. The van der Waals surface area contributed by atoms with Gasteiger partial charge in [0.15, 0.2) is 23.3 Å². The molecule has 2 amide bonds. The van der Waals surface area contributed by atoms with Gasteiger partial charge >= 0.3 is 0 Å². The smallest absolute Gasteiger partial charge is 0.259 e. The zero-order valence-corrected chi connectivity index (χ0v) is 7.98. The second-order valence-electron chi connectivity index (χ2n) is 3.22. The Labute approximate surface area is 91.7 Å². The Hall–Kier alpha value is -2.18. The van der Waals surface area contributed by atoms with Crippen LogP contribution in [0.3, 0.4) is 0 Å². The maximum absolute atomic E-state index is 13.3. The molecule has 17 heavy (non-hydrogen) atoms. The third-order valence-electron chi connectivity index (χ3n) is 2.15. The van der Waals surface area contributed by atoms with Gasteiger partial charge < -0.3 is 0 Å². The van der Waals surface area contributed by atoms with Crippen LogP contribution in [0.2, 0.25) is 0 Å². The molecular formula is C10H3F4NO2. The number of imide groups is 1. The van der Waals surface area contributed by atoms with E-state index in [1.165, 1.54) is 0 Å². The van der Waals surface area contributed by atoms with Crippen LogP contribution in [0.15, 0.2) is 12.1 Å². The molecule has 1 heterocycles. The molecule has 1 aliphatic rings. The lowest BCUT2D eigenvalue weighted by Gasteiger charge is -2.04. The molecule has 0 radical (unpaired) electrons.